The van der Waals surface area contributed by atoms with E-state index >= 15 is 0 Å². The number of fused-ring (bicyclic) bond motifs is 1. The second-order valence-electron chi connectivity index (χ2n) is 9.17. The molecule has 182 valence electrons. The molecule has 0 atom stereocenters. The monoisotopic (exact) mass is 475 g/mol. The molecule has 10 nitrogen and oxygen atoms in total. The number of amides is 2. The quantitative estimate of drug-likeness (QED) is 0.556. The molecule has 0 bridgehead atoms. The average Bonchev–Trinajstić information content (AvgIpc) is 3.49. The molecule has 2 amide bonds. The van der Waals surface area contributed by atoms with Crippen molar-refractivity contribution in [3.63, 3.8) is 0 Å². The second kappa shape index (κ2) is 9.01. The fraction of sp³-hybridized carbons (Fsp3) is 0.400. The van der Waals surface area contributed by atoms with Crippen molar-refractivity contribution < 1.29 is 14.1 Å². The van der Waals surface area contributed by atoms with Gasteiger partial charge in [-0.3, -0.25) is 14.5 Å². The van der Waals surface area contributed by atoms with Gasteiger partial charge in [-0.05, 0) is 13.8 Å². The summed E-state index contributed by atoms with van der Waals surface area (Å²) in [5, 5.41) is 4.24. The smallest absolute Gasteiger partial charge is 0.273 e. The molecule has 0 N–H and O–H groups in total. The molecule has 4 heterocycles. The highest BCUT2D eigenvalue weighted by Gasteiger charge is 2.36. The first-order valence-electron chi connectivity index (χ1n) is 11.8. The Morgan fingerprint density at radius 3 is 2.46 bits per heavy atom. The number of aromatic nitrogens is 3. The highest BCUT2D eigenvalue weighted by molar-refractivity contribution is 5.98. The minimum Gasteiger partial charge on any atom is -0.339 e. The minimum atomic E-state index is -0.0989. The molecule has 1 saturated heterocycles. The van der Waals surface area contributed by atoms with Gasteiger partial charge in [-0.25, -0.2) is 4.98 Å². The number of nitrogens with zero attached hydrogens (tertiary/aromatic N) is 7. The van der Waals surface area contributed by atoms with Crippen LogP contribution in [0.15, 0.2) is 40.9 Å². The van der Waals surface area contributed by atoms with Crippen molar-refractivity contribution in [3.05, 3.63) is 47.7 Å². The van der Waals surface area contributed by atoms with Crippen LogP contribution in [0.5, 0.6) is 0 Å². The summed E-state index contributed by atoms with van der Waals surface area (Å²) in [4.78, 5) is 42.0. The molecule has 5 rings (SSSR count). The van der Waals surface area contributed by atoms with Gasteiger partial charge >= 0.3 is 0 Å². The van der Waals surface area contributed by atoms with E-state index in [9.17, 15) is 9.59 Å². The fourth-order valence-electron chi connectivity index (χ4n) is 4.49. The van der Waals surface area contributed by atoms with Crippen molar-refractivity contribution in [1.29, 1.82) is 0 Å². The fourth-order valence-corrected chi connectivity index (χ4v) is 4.49. The van der Waals surface area contributed by atoms with Crippen molar-refractivity contribution in [2.24, 2.45) is 0 Å². The third-order valence-electron chi connectivity index (χ3n) is 6.61. The van der Waals surface area contributed by atoms with Gasteiger partial charge in [0.15, 0.2) is 0 Å². The Hall–Kier alpha value is -3.95. The normalized spacial score (nSPS) is 15.7. The van der Waals surface area contributed by atoms with Gasteiger partial charge in [0.25, 0.3) is 5.91 Å². The van der Waals surface area contributed by atoms with E-state index < -0.39 is 0 Å². The van der Waals surface area contributed by atoms with Gasteiger partial charge in [0, 0.05) is 63.4 Å². The lowest BCUT2D eigenvalue weighted by molar-refractivity contribution is -0.129. The van der Waals surface area contributed by atoms with Crippen LogP contribution in [0.25, 0.3) is 11.3 Å². The molecule has 3 aromatic rings. The van der Waals surface area contributed by atoms with E-state index in [1.807, 2.05) is 72.0 Å². The van der Waals surface area contributed by atoms with E-state index in [1.165, 1.54) is 0 Å². The number of rotatable bonds is 5. The van der Waals surface area contributed by atoms with Crippen LogP contribution in [0.2, 0.25) is 0 Å². The number of piperazine rings is 1. The number of hydrogen-bond donors (Lipinski definition) is 0. The predicted molar refractivity (Wildman–Crippen MR) is 132 cm³/mol. The highest BCUT2D eigenvalue weighted by atomic mass is 16.5. The Labute approximate surface area is 204 Å². The van der Waals surface area contributed by atoms with Crippen molar-refractivity contribution >= 4 is 29.5 Å². The summed E-state index contributed by atoms with van der Waals surface area (Å²) < 4.78 is 5.68. The van der Waals surface area contributed by atoms with Gasteiger partial charge in [0.2, 0.25) is 17.7 Å². The summed E-state index contributed by atoms with van der Waals surface area (Å²) in [5.74, 6) is 1.58. The Kier molecular flexibility index (Phi) is 5.88. The Bertz CT molecular complexity index is 1250. The molecule has 0 saturated carbocycles. The van der Waals surface area contributed by atoms with E-state index in [0.717, 1.165) is 16.8 Å². The van der Waals surface area contributed by atoms with E-state index in [0.29, 0.717) is 56.1 Å². The number of carbonyl (C=O) groups is 2. The Morgan fingerprint density at radius 1 is 1.09 bits per heavy atom. The molecule has 0 unspecified atom stereocenters. The average molecular weight is 476 g/mol. The number of carbonyl (C=O) groups excluding carboxylic acids is 2. The maximum absolute atomic E-state index is 13.2. The Morgan fingerprint density at radius 2 is 1.80 bits per heavy atom. The maximum atomic E-state index is 13.2. The first-order chi connectivity index (χ1) is 16.8. The van der Waals surface area contributed by atoms with Gasteiger partial charge in [-0.15, -0.1) is 0 Å². The van der Waals surface area contributed by atoms with Crippen molar-refractivity contribution in [2.45, 2.75) is 33.4 Å². The third kappa shape index (κ3) is 4.20. The van der Waals surface area contributed by atoms with Crippen LogP contribution in [0.4, 0.5) is 17.7 Å². The van der Waals surface area contributed by atoms with Gasteiger partial charge in [0.1, 0.15) is 17.2 Å². The van der Waals surface area contributed by atoms with Gasteiger partial charge in [0.05, 0.1) is 6.54 Å². The van der Waals surface area contributed by atoms with Gasteiger partial charge in [-0.1, -0.05) is 35.5 Å². The zero-order valence-electron chi connectivity index (χ0n) is 20.4. The van der Waals surface area contributed by atoms with Crippen LogP contribution >= 0.6 is 0 Å². The van der Waals surface area contributed by atoms with Crippen LogP contribution in [-0.2, 0) is 11.3 Å². The van der Waals surface area contributed by atoms with E-state index in [2.05, 4.69) is 5.16 Å². The van der Waals surface area contributed by atoms with Crippen molar-refractivity contribution in [1.82, 2.24) is 24.9 Å². The predicted octanol–water partition coefficient (Wildman–Crippen LogP) is 2.93. The molecule has 2 aliphatic rings. The third-order valence-corrected chi connectivity index (χ3v) is 6.61. The van der Waals surface area contributed by atoms with Gasteiger partial charge in [-0.2, -0.15) is 4.98 Å². The molecular weight excluding hydrogens is 446 g/mol. The van der Waals surface area contributed by atoms with Crippen LogP contribution < -0.4 is 9.80 Å². The largest absolute Gasteiger partial charge is 0.339 e. The van der Waals surface area contributed by atoms with Crippen LogP contribution in [0, 0.1) is 0 Å². The molecule has 2 aliphatic heterocycles. The van der Waals surface area contributed by atoms with E-state index in [1.54, 1.807) is 11.8 Å². The van der Waals surface area contributed by atoms with Gasteiger partial charge < -0.3 is 19.2 Å². The zero-order valence-corrected chi connectivity index (χ0v) is 20.4. The number of hydrogen-bond acceptors (Lipinski definition) is 8. The lowest BCUT2D eigenvalue weighted by Gasteiger charge is -2.34. The summed E-state index contributed by atoms with van der Waals surface area (Å²) in [7, 11) is 1.86. The number of benzene rings is 1. The van der Waals surface area contributed by atoms with E-state index in [-0.39, 0.29) is 17.9 Å². The van der Waals surface area contributed by atoms with Crippen molar-refractivity contribution in [3.8, 4) is 11.3 Å². The van der Waals surface area contributed by atoms with Crippen LogP contribution in [0.1, 0.15) is 36.8 Å². The standard InChI is InChI=1S/C25H29N7O3/c1-16(2)32-15-19-22(24(32)34)26-25(31-12-10-30(11-13-31)17(3)33)27-23(19)29(4)21-14-20(28-35-21)18-8-6-5-7-9-18/h5-9,14,16H,10-13,15H2,1-4H3. The summed E-state index contributed by atoms with van der Waals surface area (Å²) in [5.41, 5.74) is 2.87. The molecule has 1 aromatic carbocycles. The first kappa shape index (κ1) is 22.8. The highest BCUT2D eigenvalue weighted by Crippen LogP contribution is 2.36. The molecule has 35 heavy (non-hydrogen) atoms. The lowest BCUT2D eigenvalue weighted by atomic mass is 10.1. The van der Waals surface area contributed by atoms with Crippen LogP contribution in [-0.4, -0.2) is 76.0 Å². The minimum absolute atomic E-state index is 0.0346. The summed E-state index contributed by atoms with van der Waals surface area (Å²) in [6.45, 7) is 8.38. The topological polar surface area (TPSA) is 98.9 Å². The summed E-state index contributed by atoms with van der Waals surface area (Å²) in [6, 6.07) is 11.7. The Balaban J connectivity index is 1.51. The molecule has 2 aromatic heterocycles. The molecule has 10 heteroatoms. The SMILES string of the molecule is CC(=O)N1CCN(c2nc3c(c(N(C)c4cc(-c5ccccc5)no4)n2)CN(C(C)C)C3=O)CC1. The molecule has 0 spiro atoms. The van der Waals surface area contributed by atoms with Crippen molar-refractivity contribution in [2.75, 3.05) is 43.0 Å². The zero-order chi connectivity index (χ0) is 24.7. The maximum Gasteiger partial charge on any atom is 0.273 e. The molecule has 0 radical (unpaired) electrons. The molecule has 1 fully saturated rings. The lowest BCUT2D eigenvalue weighted by Crippen LogP contribution is -2.48. The summed E-state index contributed by atoms with van der Waals surface area (Å²) >= 11 is 0. The molecular formula is C25H29N7O3. The second-order valence-corrected chi connectivity index (χ2v) is 9.17. The van der Waals surface area contributed by atoms with E-state index in [4.69, 9.17) is 14.5 Å². The first-order valence-corrected chi connectivity index (χ1v) is 11.8. The summed E-state index contributed by atoms with van der Waals surface area (Å²) in [6.07, 6.45) is 0. The number of anilines is 3. The molecule has 0 aliphatic carbocycles. The van der Waals surface area contributed by atoms with Crippen LogP contribution in [0.3, 0.4) is 0 Å².